The summed E-state index contributed by atoms with van der Waals surface area (Å²) >= 11 is 0. The predicted molar refractivity (Wildman–Crippen MR) is 84.1 cm³/mol. The molecule has 1 aromatic heterocycles. The van der Waals surface area contributed by atoms with E-state index in [9.17, 15) is 8.42 Å². The Bertz CT molecular complexity index is 595. The highest BCUT2D eigenvalue weighted by Crippen LogP contribution is 2.19. The summed E-state index contributed by atoms with van der Waals surface area (Å²) < 4.78 is 23.3. The van der Waals surface area contributed by atoms with Crippen LogP contribution in [0.5, 0.6) is 0 Å². The molecule has 1 aromatic rings. The molecule has 0 bridgehead atoms. The van der Waals surface area contributed by atoms with Crippen molar-refractivity contribution in [1.29, 1.82) is 0 Å². The van der Waals surface area contributed by atoms with Crippen LogP contribution in [0.25, 0.3) is 0 Å². The van der Waals surface area contributed by atoms with Crippen LogP contribution < -0.4 is 10.2 Å². The lowest BCUT2D eigenvalue weighted by Gasteiger charge is -2.34. The average molecular weight is 312 g/mol. The van der Waals surface area contributed by atoms with Crippen molar-refractivity contribution >= 4 is 15.7 Å². The molecule has 7 heteroatoms. The molecular weight excluding hydrogens is 288 g/mol. The highest BCUT2D eigenvalue weighted by molar-refractivity contribution is 7.91. The van der Waals surface area contributed by atoms with Gasteiger partial charge in [0.25, 0.3) is 0 Å². The molecule has 0 spiro atoms. The van der Waals surface area contributed by atoms with E-state index in [0.29, 0.717) is 13.1 Å². The fourth-order valence-electron chi connectivity index (χ4n) is 2.31. The molecule has 21 heavy (non-hydrogen) atoms. The molecule has 2 rings (SSSR count). The van der Waals surface area contributed by atoms with Crippen LogP contribution in [0, 0.1) is 0 Å². The summed E-state index contributed by atoms with van der Waals surface area (Å²) in [6.45, 7) is 9.34. The van der Waals surface area contributed by atoms with E-state index in [2.05, 4.69) is 36.1 Å². The van der Waals surface area contributed by atoms with E-state index in [4.69, 9.17) is 0 Å². The van der Waals surface area contributed by atoms with E-state index in [0.717, 1.165) is 11.5 Å². The third kappa shape index (κ3) is 4.64. The van der Waals surface area contributed by atoms with Crippen molar-refractivity contribution in [1.82, 2.24) is 15.3 Å². The van der Waals surface area contributed by atoms with Crippen LogP contribution in [0.3, 0.4) is 0 Å². The van der Waals surface area contributed by atoms with Crippen LogP contribution in [0.15, 0.2) is 12.4 Å². The predicted octanol–water partition coefficient (Wildman–Crippen LogP) is 0.988. The molecule has 1 unspecified atom stereocenters. The summed E-state index contributed by atoms with van der Waals surface area (Å²) in [5.74, 6) is 1.12. The second-order valence-corrected chi connectivity index (χ2v) is 8.86. The van der Waals surface area contributed by atoms with Gasteiger partial charge in [0, 0.05) is 30.9 Å². The van der Waals surface area contributed by atoms with Gasteiger partial charge in [0.05, 0.1) is 23.4 Å². The molecule has 1 N–H and O–H groups in total. The lowest BCUT2D eigenvalue weighted by molar-refractivity contribution is 0.420. The zero-order chi connectivity index (χ0) is 15.7. The number of sulfone groups is 1. The first-order valence-electron chi connectivity index (χ1n) is 7.19. The third-order valence-corrected chi connectivity index (χ3v) is 5.23. The van der Waals surface area contributed by atoms with E-state index in [1.54, 1.807) is 12.4 Å². The van der Waals surface area contributed by atoms with Gasteiger partial charge in [-0.1, -0.05) is 0 Å². The molecule has 2 heterocycles. The minimum atomic E-state index is -2.91. The maximum absolute atomic E-state index is 11.6. The number of rotatable bonds is 3. The lowest BCUT2D eigenvalue weighted by atomic mass is 10.1. The molecule has 1 aliphatic heterocycles. The summed E-state index contributed by atoms with van der Waals surface area (Å²) in [5, 5.41) is 3.38. The Morgan fingerprint density at radius 3 is 2.71 bits per heavy atom. The second-order valence-electron chi connectivity index (χ2n) is 6.63. The van der Waals surface area contributed by atoms with Crippen molar-refractivity contribution in [3.63, 3.8) is 0 Å². The Hall–Kier alpha value is -1.21. The number of hydrogen-bond donors (Lipinski definition) is 1. The van der Waals surface area contributed by atoms with E-state index >= 15 is 0 Å². The van der Waals surface area contributed by atoms with Gasteiger partial charge in [-0.3, -0.25) is 4.98 Å². The Balaban J connectivity index is 2.10. The van der Waals surface area contributed by atoms with Gasteiger partial charge in [0.2, 0.25) is 0 Å². The standard InChI is InChI=1S/C14H24N4O2S/c1-11-10-21(19,20)6-5-18(11)13-9-15-7-12(17-13)8-16-14(2,3)4/h7,9,11,16H,5-6,8,10H2,1-4H3. The Morgan fingerprint density at radius 2 is 2.10 bits per heavy atom. The van der Waals surface area contributed by atoms with Crippen LogP contribution in [-0.4, -0.2) is 48.0 Å². The van der Waals surface area contributed by atoms with Crippen molar-refractivity contribution < 1.29 is 8.42 Å². The first-order valence-corrected chi connectivity index (χ1v) is 9.01. The van der Waals surface area contributed by atoms with Crippen LogP contribution in [-0.2, 0) is 16.4 Å². The highest BCUT2D eigenvalue weighted by Gasteiger charge is 2.29. The van der Waals surface area contributed by atoms with E-state index < -0.39 is 9.84 Å². The Kier molecular flexibility index (Phi) is 4.53. The lowest BCUT2D eigenvalue weighted by Crippen LogP contribution is -2.47. The smallest absolute Gasteiger partial charge is 0.154 e. The zero-order valence-electron chi connectivity index (χ0n) is 13.1. The van der Waals surface area contributed by atoms with Crippen LogP contribution in [0.1, 0.15) is 33.4 Å². The SMILES string of the molecule is CC1CS(=O)(=O)CCN1c1cncc(CNC(C)(C)C)n1. The fraction of sp³-hybridized carbons (Fsp3) is 0.714. The van der Waals surface area contributed by atoms with Gasteiger partial charge in [-0.15, -0.1) is 0 Å². The van der Waals surface area contributed by atoms with Gasteiger partial charge in [0.1, 0.15) is 5.82 Å². The van der Waals surface area contributed by atoms with Gasteiger partial charge in [-0.2, -0.15) is 0 Å². The van der Waals surface area contributed by atoms with E-state index in [1.807, 2.05) is 11.8 Å². The van der Waals surface area contributed by atoms with E-state index in [1.165, 1.54) is 0 Å². The highest BCUT2D eigenvalue weighted by atomic mass is 32.2. The van der Waals surface area contributed by atoms with Gasteiger partial charge in [-0.05, 0) is 27.7 Å². The first kappa shape index (κ1) is 16.2. The first-order chi connectivity index (χ1) is 9.66. The molecule has 0 aromatic carbocycles. The molecule has 118 valence electrons. The summed E-state index contributed by atoms with van der Waals surface area (Å²) in [4.78, 5) is 10.9. The van der Waals surface area contributed by atoms with Crippen molar-refractivity contribution in [3.05, 3.63) is 18.1 Å². The quantitative estimate of drug-likeness (QED) is 0.897. The van der Waals surface area contributed by atoms with Crippen LogP contribution in [0.4, 0.5) is 5.82 Å². The molecule has 0 radical (unpaired) electrons. The average Bonchev–Trinajstić information content (AvgIpc) is 2.35. The Labute approximate surface area is 126 Å². The van der Waals surface area contributed by atoms with Gasteiger partial charge in [-0.25, -0.2) is 13.4 Å². The number of nitrogens with zero attached hydrogens (tertiary/aromatic N) is 3. The molecule has 1 saturated heterocycles. The summed E-state index contributed by atoms with van der Waals surface area (Å²) in [6.07, 6.45) is 3.45. The van der Waals surface area contributed by atoms with Crippen LogP contribution >= 0.6 is 0 Å². The van der Waals surface area contributed by atoms with Crippen molar-refractivity contribution in [2.24, 2.45) is 0 Å². The molecule has 1 aliphatic rings. The normalized spacial score (nSPS) is 22.3. The van der Waals surface area contributed by atoms with Gasteiger partial charge in [0.15, 0.2) is 9.84 Å². The topological polar surface area (TPSA) is 75.2 Å². The van der Waals surface area contributed by atoms with Crippen molar-refractivity contribution in [3.8, 4) is 0 Å². The molecule has 6 nitrogen and oxygen atoms in total. The summed E-state index contributed by atoms with van der Waals surface area (Å²) in [5.41, 5.74) is 0.882. The number of aromatic nitrogens is 2. The molecule has 0 amide bonds. The maximum Gasteiger partial charge on any atom is 0.154 e. The van der Waals surface area contributed by atoms with Crippen molar-refractivity contribution in [2.45, 2.75) is 45.8 Å². The molecule has 1 fully saturated rings. The Morgan fingerprint density at radius 1 is 1.38 bits per heavy atom. The molecular formula is C14H24N4O2S. The molecule has 0 saturated carbocycles. The van der Waals surface area contributed by atoms with Crippen LogP contribution in [0.2, 0.25) is 0 Å². The minimum absolute atomic E-state index is 0.0180. The van der Waals surface area contributed by atoms with Gasteiger partial charge >= 0.3 is 0 Å². The van der Waals surface area contributed by atoms with E-state index in [-0.39, 0.29) is 23.1 Å². The largest absolute Gasteiger partial charge is 0.351 e. The minimum Gasteiger partial charge on any atom is -0.351 e. The second kappa shape index (κ2) is 5.88. The fourth-order valence-corrected chi connectivity index (χ4v) is 3.87. The van der Waals surface area contributed by atoms with Gasteiger partial charge < -0.3 is 10.2 Å². The maximum atomic E-state index is 11.6. The summed E-state index contributed by atoms with van der Waals surface area (Å²) in [6, 6.07) is -0.0659. The number of hydrogen-bond acceptors (Lipinski definition) is 6. The van der Waals surface area contributed by atoms with Crippen molar-refractivity contribution in [2.75, 3.05) is 23.0 Å². The number of anilines is 1. The molecule has 0 aliphatic carbocycles. The monoisotopic (exact) mass is 312 g/mol. The zero-order valence-corrected chi connectivity index (χ0v) is 13.9. The number of nitrogens with one attached hydrogen (secondary N) is 1. The summed E-state index contributed by atoms with van der Waals surface area (Å²) in [7, 11) is -2.91. The molecule has 1 atom stereocenters. The third-order valence-electron chi connectivity index (χ3n) is 3.44.